The van der Waals surface area contributed by atoms with E-state index >= 15 is 0 Å². The first-order valence-electron chi connectivity index (χ1n) is 28.8. The Bertz CT molecular complexity index is 4530. The lowest BCUT2D eigenvalue weighted by Crippen LogP contribution is -2.64. The summed E-state index contributed by atoms with van der Waals surface area (Å²) in [7, 11) is 0. The number of hydrogen-bond donors (Lipinski definition) is 0. The van der Waals surface area contributed by atoms with Gasteiger partial charge < -0.3 is 14.7 Å². The number of nitrogens with zero attached hydrogens (tertiary/aromatic N) is 3. The van der Waals surface area contributed by atoms with Gasteiger partial charge in [-0.1, -0.05) is 228 Å². The van der Waals surface area contributed by atoms with Crippen LogP contribution in [0.4, 0.5) is 51.2 Å². The molecule has 4 aliphatic rings. The summed E-state index contributed by atoms with van der Waals surface area (Å²) >= 11 is 3.86. The monoisotopic (exact) mass is 1100 g/mol. The van der Waals surface area contributed by atoms with Gasteiger partial charge in [-0.3, -0.25) is 0 Å². The van der Waals surface area contributed by atoms with E-state index in [1.54, 1.807) is 0 Å². The maximum Gasteiger partial charge on any atom is 0.249 e. The van der Waals surface area contributed by atoms with Crippen molar-refractivity contribution in [3.05, 3.63) is 283 Å². The molecule has 0 aromatic heterocycles. The Morgan fingerprint density at radius 3 is 1.25 bits per heavy atom. The van der Waals surface area contributed by atoms with Crippen molar-refractivity contribution in [2.75, 3.05) is 14.7 Å². The van der Waals surface area contributed by atoms with E-state index < -0.39 is 0 Å². The van der Waals surface area contributed by atoms with E-state index in [1.165, 1.54) is 131 Å². The van der Waals surface area contributed by atoms with Crippen LogP contribution < -0.4 is 47.5 Å². The maximum absolute atomic E-state index is 2.67. The molecule has 0 saturated heterocycles. The Balaban J connectivity index is 1.05. The highest BCUT2D eigenvalue weighted by molar-refractivity contribution is 8.00. The fourth-order valence-electron chi connectivity index (χ4n) is 13.9. The van der Waals surface area contributed by atoms with Crippen molar-refractivity contribution in [1.29, 1.82) is 0 Å². The second-order valence-electron chi connectivity index (χ2n) is 22.6. The van der Waals surface area contributed by atoms with Crippen molar-refractivity contribution < 1.29 is 0 Å². The SMILES string of the molecule is Cc1ccc2c(c1)Sc1cc(-c3c(C)cccc3C)cc3c1B2c1cc2c(cc1N3c1ccccc1-c1ccccc1)N(c1ccccc1-c1ccccc1)c1cc(N(c3ccccc3)c3ccccc3)cc3c1B2c1ccc(C)cc1S3. The molecular formula is C76H55B2N3S2. The van der Waals surface area contributed by atoms with Gasteiger partial charge in [-0.2, -0.15) is 0 Å². The number of rotatable bonds is 8. The predicted octanol–water partition coefficient (Wildman–Crippen LogP) is 16.9. The lowest BCUT2D eigenvalue weighted by atomic mass is 9.31. The number of benzene rings is 12. The summed E-state index contributed by atoms with van der Waals surface area (Å²) in [6.07, 6.45) is 0. The van der Waals surface area contributed by atoms with Gasteiger partial charge in [0.2, 0.25) is 13.4 Å². The molecule has 392 valence electrons. The first-order valence-corrected chi connectivity index (χ1v) is 30.4. The summed E-state index contributed by atoms with van der Waals surface area (Å²) in [6, 6.07) is 98.3. The highest BCUT2D eigenvalue weighted by Gasteiger charge is 2.47. The van der Waals surface area contributed by atoms with Crippen LogP contribution in [0.1, 0.15) is 22.3 Å². The normalized spacial score (nSPS) is 13.1. The Labute approximate surface area is 496 Å². The van der Waals surface area contributed by atoms with Crippen molar-refractivity contribution in [3.63, 3.8) is 0 Å². The molecule has 0 atom stereocenters. The molecule has 0 N–H and O–H groups in total. The van der Waals surface area contributed by atoms with Crippen LogP contribution in [0.15, 0.2) is 280 Å². The molecule has 12 aromatic carbocycles. The second kappa shape index (κ2) is 19.8. The van der Waals surface area contributed by atoms with Crippen LogP contribution in [0, 0.1) is 27.7 Å². The topological polar surface area (TPSA) is 9.72 Å². The quantitative estimate of drug-likeness (QED) is 0.140. The Morgan fingerprint density at radius 2 is 0.747 bits per heavy atom. The molecule has 0 amide bonds. The van der Waals surface area contributed by atoms with Crippen LogP contribution in [0.25, 0.3) is 33.4 Å². The summed E-state index contributed by atoms with van der Waals surface area (Å²) in [5.74, 6) is 0. The van der Waals surface area contributed by atoms with Gasteiger partial charge in [-0.25, -0.2) is 0 Å². The van der Waals surface area contributed by atoms with E-state index in [0.29, 0.717) is 0 Å². The van der Waals surface area contributed by atoms with Gasteiger partial charge in [-0.05, 0) is 162 Å². The summed E-state index contributed by atoms with van der Waals surface area (Å²) in [4.78, 5) is 12.9. The molecule has 0 spiro atoms. The molecular weight excluding hydrogens is 1040 g/mol. The molecule has 3 nitrogen and oxygen atoms in total. The van der Waals surface area contributed by atoms with Crippen LogP contribution in [0.5, 0.6) is 0 Å². The van der Waals surface area contributed by atoms with E-state index in [1.807, 2.05) is 23.5 Å². The first-order chi connectivity index (χ1) is 40.8. The minimum absolute atomic E-state index is 0.0432. The van der Waals surface area contributed by atoms with Crippen molar-refractivity contribution in [1.82, 2.24) is 0 Å². The average Bonchev–Trinajstić information content (AvgIpc) is 1.25. The van der Waals surface area contributed by atoms with Crippen LogP contribution in [0.3, 0.4) is 0 Å². The summed E-state index contributed by atoms with van der Waals surface area (Å²) in [5, 5.41) is 0. The van der Waals surface area contributed by atoms with Gasteiger partial charge in [0.05, 0.1) is 11.4 Å². The van der Waals surface area contributed by atoms with Crippen molar-refractivity contribution in [2.45, 2.75) is 47.3 Å². The van der Waals surface area contributed by atoms with Crippen LogP contribution in [-0.2, 0) is 0 Å². The van der Waals surface area contributed by atoms with Gasteiger partial charge in [0.25, 0.3) is 0 Å². The van der Waals surface area contributed by atoms with Gasteiger partial charge in [0.15, 0.2) is 0 Å². The number of anilines is 9. The van der Waals surface area contributed by atoms with E-state index in [0.717, 1.165) is 28.4 Å². The molecule has 12 aromatic rings. The Kier molecular flexibility index (Phi) is 11.8. The summed E-state index contributed by atoms with van der Waals surface area (Å²) in [5.41, 5.74) is 30.7. The minimum atomic E-state index is -0.0685. The van der Waals surface area contributed by atoms with Gasteiger partial charge in [0.1, 0.15) is 0 Å². The molecule has 4 aliphatic heterocycles. The number of para-hydroxylation sites is 4. The molecule has 0 saturated carbocycles. The summed E-state index contributed by atoms with van der Waals surface area (Å²) < 4.78 is 0. The van der Waals surface area contributed by atoms with Crippen LogP contribution in [-0.4, -0.2) is 13.4 Å². The van der Waals surface area contributed by atoms with Crippen molar-refractivity contribution >= 4 is 121 Å². The highest BCUT2D eigenvalue weighted by Crippen LogP contribution is 2.52. The zero-order chi connectivity index (χ0) is 55.4. The zero-order valence-electron chi connectivity index (χ0n) is 46.6. The molecule has 0 bridgehead atoms. The maximum atomic E-state index is 2.67. The van der Waals surface area contributed by atoms with Crippen molar-refractivity contribution in [2.24, 2.45) is 0 Å². The van der Waals surface area contributed by atoms with Crippen LogP contribution >= 0.6 is 23.5 Å². The average molecular weight is 1100 g/mol. The molecule has 16 rings (SSSR count). The zero-order valence-corrected chi connectivity index (χ0v) is 48.3. The van der Waals surface area contributed by atoms with E-state index in [9.17, 15) is 0 Å². The molecule has 0 fully saturated rings. The highest BCUT2D eigenvalue weighted by atomic mass is 32.2. The number of hydrogen-bond acceptors (Lipinski definition) is 5. The lowest BCUT2D eigenvalue weighted by Gasteiger charge is -2.45. The fraction of sp³-hybridized carbons (Fsp3) is 0.0526. The Hall–Kier alpha value is -9.13. The number of fused-ring (bicyclic) bond motifs is 8. The lowest BCUT2D eigenvalue weighted by molar-refractivity contribution is 1.22. The molecule has 0 unspecified atom stereocenters. The van der Waals surface area contributed by atoms with Gasteiger partial charge >= 0.3 is 0 Å². The Morgan fingerprint density at radius 1 is 0.301 bits per heavy atom. The largest absolute Gasteiger partial charge is 0.311 e. The summed E-state index contributed by atoms with van der Waals surface area (Å²) in [6.45, 7) is 8.90. The minimum Gasteiger partial charge on any atom is -0.311 e. The van der Waals surface area contributed by atoms with Crippen LogP contribution in [0.2, 0.25) is 0 Å². The number of aryl methyl sites for hydroxylation is 4. The third-order valence-electron chi connectivity index (χ3n) is 17.5. The molecule has 0 aliphatic carbocycles. The van der Waals surface area contributed by atoms with E-state index in [4.69, 9.17) is 0 Å². The molecule has 83 heavy (non-hydrogen) atoms. The second-order valence-corrected chi connectivity index (χ2v) is 24.8. The smallest absolute Gasteiger partial charge is 0.249 e. The molecule has 4 heterocycles. The first kappa shape index (κ1) is 49.7. The molecule has 7 heteroatoms. The standard InChI is InChI=1S/C76H55B2N3S2/c1-48-36-38-60-70(40-48)82-72-43-54(74-50(3)22-21-23-51(74)4)42-68-75(72)77(60)62-46-63-67(47-66(62)80(68)64-34-19-17-32-58(64)52-24-9-5-10-25-52)81(65-35-20-18-33-59(65)53-26-11-6-12-27-53)69-44-57(79(55-28-13-7-14-29-55)56-30-15-8-16-31-56)45-73-76(69)78(63)61-39-37-49(2)41-71(61)83-73/h5-47H,1-4H3. The fourth-order valence-corrected chi connectivity index (χ4v) is 16.5. The van der Waals surface area contributed by atoms with Crippen molar-refractivity contribution in [3.8, 4) is 33.4 Å². The van der Waals surface area contributed by atoms with Gasteiger partial charge in [-0.15, -0.1) is 0 Å². The third kappa shape index (κ3) is 8.08. The van der Waals surface area contributed by atoms with Gasteiger partial charge in [0, 0.05) is 70.5 Å². The predicted molar refractivity (Wildman–Crippen MR) is 356 cm³/mol. The molecule has 0 radical (unpaired) electrons. The van der Waals surface area contributed by atoms with E-state index in [-0.39, 0.29) is 13.4 Å². The third-order valence-corrected chi connectivity index (χ3v) is 19.7. The van der Waals surface area contributed by atoms with E-state index in [2.05, 4.69) is 303 Å².